The lowest BCUT2D eigenvalue weighted by molar-refractivity contribution is -0.119. The number of carbonyl (C=O) groups is 2. The van der Waals surface area contributed by atoms with Gasteiger partial charge in [-0.2, -0.15) is 0 Å². The van der Waals surface area contributed by atoms with Crippen LogP contribution in [0.25, 0.3) is 0 Å². The fourth-order valence-electron chi connectivity index (χ4n) is 3.56. The quantitative estimate of drug-likeness (QED) is 0.427. The van der Waals surface area contributed by atoms with Crippen LogP contribution in [0.3, 0.4) is 0 Å². The lowest BCUT2D eigenvalue weighted by atomic mass is 9.98. The van der Waals surface area contributed by atoms with Crippen molar-refractivity contribution in [3.8, 4) is 0 Å². The van der Waals surface area contributed by atoms with E-state index in [1.807, 2.05) is 22.6 Å². The van der Waals surface area contributed by atoms with Crippen molar-refractivity contribution >= 4 is 57.4 Å². The number of nitrogens with zero attached hydrogens (tertiary/aromatic N) is 1. The van der Waals surface area contributed by atoms with E-state index < -0.39 is 29.2 Å². The number of hydrogen-bond donors (Lipinski definition) is 2. The standard InChI is InChI=1S/C20H18ClFIN3O4/c21-15-16(25-13-4-3-10(23)7-12(13)22)14(20(29)30-8-9-1-2-9)17-11(18(24)27)5-6-26(17)19(15)28/h3-4,7,9,11,25H,1-2,5-6,8H2,(H2,24,27). The highest BCUT2D eigenvalue weighted by molar-refractivity contribution is 14.1. The molecule has 1 fully saturated rings. The third kappa shape index (κ3) is 3.92. The molecule has 0 bridgehead atoms. The minimum atomic E-state index is -0.847. The van der Waals surface area contributed by atoms with Gasteiger partial charge >= 0.3 is 5.97 Å². The van der Waals surface area contributed by atoms with E-state index in [0.717, 1.165) is 12.8 Å². The van der Waals surface area contributed by atoms with Gasteiger partial charge in [-0.15, -0.1) is 0 Å². The van der Waals surface area contributed by atoms with Gasteiger partial charge in [-0.05, 0) is 66.0 Å². The van der Waals surface area contributed by atoms with Gasteiger partial charge in [0.15, 0.2) is 0 Å². The van der Waals surface area contributed by atoms with Crippen molar-refractivity contribution < 1.29 is 18.7 Å². The second-order valence-corrected chi connectivity index (χ2v) is 9.06. The maximum Gasteiger partial charge on any atom is 0.342 e. The van der Waals surface area contributed by atoms with Crippen molar-refractivity contribution in [1.29, 1.82) is 0 Å². The van der Waals surface area contributed by atoms with E-state index >= 15 is 0 Å². The number of rotatable bonds is 6. The molecule has 30 heavy (non-hydrogen) atoms. The van der Waals surface area contributed by atoms with Gasteiger partial charge in [-0.1, -0.05) is 11.6 Å². The molecule has 1 amide bonds. The highest BCUT2D eigenvalue weighted by atomic mass is 127. The van der Waals surface area contributed by atoms with Crippen LogP contribution in [0.15, 0.2) is 23.0 Å². The number of benzene rings is 1. The number of esters is 1. The summed E-state index contributed by atoms with van der Waals surface area (Å²) in [6.45, 7) is 0.427. The Morgan fingerprint density at radius 1 is 1.33 bits per heavy atom. The van der Waals surface area contributed by atoms with E-state index in [0.29, 0.717) is 9.49 Å². The first-order valence-electron chi connectivity index (χ1n) is 9.42. The lowest BCUT2D eigenvalue weighted by Crippen LogP contribution is -2.29. The van der Waals surface area contributed by atoms with Crippen molar-refractivity contribution in [3.63, 3.8) is 0 Å². The first kappa shape index (κ1) is 21.1. The van der Waals surface area contributed by atoms with Crippen molar-refractivity contribution in [1.82, 2.24) is 4.57 Å². The Morgan fingerprint density at radius 3 is 2.70 bits per heavy atom. The smallest absolute Gasteiger partial charge is 0.342 e. The van der Waals surface area contributed by atoms with Gasteiger partial charge in [0.25, 0.3) is 5.56 Å². The summed E-state index contributed by atoms with van der Waals surface area (Å²) in [4.78, 5) is 37.9. The number of aromatic nitrogens is 1. The first-order chi connectivity index (χ1) is 14.3. The number of nitrogens with two attached hydrogens (primary N) is 1. The molecule has 1 saturated carbocycles. The number of ether oxygens (including phenoxy) is 1. The van der Waals surface area contributed by atoms with Crippen LogP contribution in [0, 0.1) is 15.3 Å². The second kappa shape index (κ2) is 8.18. The van der Waals surface area contributed by atoms with E-state index in [1.54, 1.807) is 6.07 Å². The van der Waals surface area contributed by atoms with Crippen LogP contribution in [0.1, 0.15) is 41.2 Å². The van der Waals surface area contributed by atoms with Gasteiger partial charge in [0.1, 0.15) is 16.4 Å². The Labute approximate surface area is 189 Å². The summed E-state index contributed by atoms with van der Waals surface area (Å²) in [5.74, 6) is -2.51. The summed E-state index contributed by atoms with van der Waals surface area (Å²) >= 11 is 8.28. The van der Waals surface area contributed by atoms with E-state index in [4.69, 9.17) is 22.1 Å². The Bertz CT molecular complexity index is 1120. The van der Waals surface area contributed by atoms with Crippen molar-refractivity contribution in [2.75, 3.05) is 11.9 Å². The summed E-state index contributed by atoms with van der Waals surface area (Å²) in [6, 6.07) is 4.44. The second-order valence-electron chi connectivity index (χ2n) is 7.44. The van der Waals surface area contributed by atoms with Gasteiger partial charge in [-0.3, -0.25) is 9.59 Å². The fourth-order valence-corrected chi connectivity index (χ4v) is 4.26. The van der Waals surface area contributed by atoms with Crippen molar-refractivity contribution in [2.24, 2.45) is 11.7 Å². The molecule has 1 aliphatic heterocycles. The summed E-state index contributed by atoms with van der Waals surface area (Å²) < 4.78 is 21.8. The van der Waals surface area contributed by atoms with E-state index in [2.05, 4.69) is 5.32 Å². The van der Waals surface area contributed by atoms with Crippen LogP contribution >= 0.6 is 34.2 Å². The molecule has 1 aromatic heterocycles. The normalized spacial score (nSPS) is 17.5. The van der Waals surface area contributed by atoms with Gasteiger partial charge in [0, 0.05) is 10.1 Å². The molecule has 3 N–H and O–H groups in total. The number of nitrogens with one attached hydrogen (secondary N) is 1. The number of anilines is 2. The molecular weight excluding hydrogens is 528 g/mol. The molecule has 158 valence electrons. The Morgan fingerprint density at radius 2 is 2.07 bits per heavy atom. The maximum atomic E-state index is 14.5. The third-order valence-electron chi connectivity index (χ3n) is 5.31. The van der Waals surface area contributed by atoms with E-state index in [-0.39, 0.29) is 47.2 Å². The number of carbonyl (C=O) groups excluding carboxylic acids is 2. The molecule has 0 spiro atoms. The summed E-state index contributed by atoms with van der Waals surface area (Å²) in [7, 11) is 0. The molecule has 1 atom stereocenters. The average Bonchev–Trinajstić information content (AvgIpc) is 3.42. The van der Waals surface area contributed by atoms with Crippen LogP contribution in [0.4, 0.5) is 15.8 Å². The lowest BCUT2D eigenvalue weighted by Gasteiger charge is -2.20. The molecule has 2 heterocycles. The van der Waals surface area contributed by atoms with Gasteiger partial charge < -0.3 is 20.4 Å². The zero-order valence-electron chi connectivity index (χ0n) is 15.7. The van der Waals surface area contributed by atoms with Gasteiger partial charge in [-0.25, -0.2) is 9.18 Å². The number of pyridine rings is 1. The largest absolute Gasteiger partial charge is 0.462 e. The molecule has 7 nitrogen and oxygen atoms in total. The molecule has 1 aromatic carbocycles. The fraction of sp³-hybridized carbons (Fsp3) is 0.350. The SMILES string of the molecule is NC(=O)C1CCn2c1c(C(=O)OCC1CC1)c(Nc1ccc(I)cc1F)c(Cl)c2=O. The first-order valence-corrected chi connectivity index (χ1v) is 10.9. The predicted octanol–water partition coefficient (Wildman–Crippen LogP) is 3.53. The number of fused-ring (bicyclic) bond motifs is 1. The molecule has 0 radical (unpaired) electrons. The van der Waals surface area contributed by atoms with Crippen LogP contribution in [0.5, 0.6) is 0 Å². The molecule has 1 aliphatic carbocycles. The van der Waals surface area contributed by atoms with Crippen LogP contribution in [-0.4, -0.2) is 23.1 Å². The Kier molecular flexibility index (Phi) is 5.75. The summed E-state index contributed by atoms with van der Waals surface area (Å²) in [5, 5.41) is 2.50. The highest BCUT2D eigenvalue weighted by Gasteiger charge is 2.37. The minimum Gasteiger partial charge on any atom is -0.462 e. The van der Waals surface area contributed by atoms with Gasteiger partial charge in [0.2, 0.25) is 5.91 Å². The Hall–Kier alpha value is -2.14. The zero-order valence-corrected chi connectivity index (χ0v) is 18.6. The predicted molar refractivity (Wildman–Crippen MR) is 118 cm³/mol. The van der Waals surface area contributed by atoms with Gasteiger partial charge in [0.05, 0.1) is 29.6 Å². The topological polar surface area (TPSA) is 103 Å². The molecule has 1 unspecified atom stereocenters. The van der Waals surface area contributed by atoms with Crippen LogP contribution in [-0.2, 0) is 16.1 Å². The zero-order chi connectivity index (χ0) is 21.6. The average molecular weight is 546 g/mol. The molecular formula is C20H18ClFIN3O4. The number of amides is 1. The number of primary amides is 1. The Balaban J connectivity index is 1.87. The molecule has 10 heteroatoms. The van der Waals surface area contributed by atoms with Crippen molar-refractivity contribution in [2.45, 2.75) is 31.7 Å². The van der Waals surface area contributed by atoms with E-state index in [1.165, 1.54) is 16.7 Å². The van der Waals surface area contributed by atoms with Crippen LogP contribution in [0.2, 0.25) is 5.02 Å². The molecule has 2 aromatic rings. The van der Waals surface area contributed by atoms with Crippen LogP contribution < -0.4 is 16.6 Å². The number of hydrogen-bond acceptors (Lipinski definition) is 5. The third-order valence-corrected chi connectivity index (χ3v) is 6.33. The molecule has 2 aliphatic rings. The molecule has 0 saturated heterocycles. The summed E-state index contributed by atoms with van der Waals surface area (Å²) in [6.07, 6.45) is 2.22. The monoisotopic (exact) mass is 545 g/mol. The minimum absolute atomic E-state index is 0.0338. The maximum absolute atomic E-state index is 14.5. The number of halogens is 3. The highest BCUT2D eigenvalue weighted by Crippen LogP contribution is 2.38. The van der Waals surface area contributed by atoms with E-state index in [9.17, 15) is 18.8 Å². The molecule has 4 rings (SSSR count). The summed E-state index contributed by atoms with van der Waals surface area (Å²) in [5.41, 5.74) is 5.00. The van der Waals surface area contributed by atoms with Crippen molar-refractivity contribution in [3.05, 3.63) is 54.2 Å².